The third kappa shape index (κ3) is 3.73. The Morgan fingerprint density at radius 3 is 2.15 bits per heavy atom. The molecule has 0 saturated carbocycles. The molecule has 1 atom stereocenters. The summed E-state index contributed by atoms with van der Waals surface area (Å²) >= 11 is 3.88. The molecule has 0 amide bonds. The molecule has 0 fully saturated rings. The monoisotopic (exact) mass is 330 g/mol. The molecule has 2 aromatic rings. The Kier molecular flexibility index (Phi) is 4.70. The molecule has 2 rings (SSSR count). The predicted molar refractivity (Wildman–Crippen MR) is 91.7 cm³/mol. The van der Waals surface area contributed by atoms with Gasteiger partial charge in [-0.25, -0.2) is 0 Å². The van der Waals surface area contributed by atoms with Crippen molar-refractivity contribution in [3.63, 3.8) is 0 Å². The van der Waals surface area contributed by atoms with Crippen molar-refractivity contribution in [1.29, 1.82) is 0 Å². The van der Waals surface area contributed by atoms with Gasteiger partial charge < -0.3 is 0 Å². The van der Waals surface area contributed by atoms with E-state index in [2.05, 4.69) is 92.2 Å². The summed E-state index contributed by atoms with van der Waals surface area (Å²) in [5, 5.41) is 0. The van der Waals surface area contributed by atoms with Gasteiger partial charge in [-0.15, -0.1) is 0 Å². The van der Waals surface area contributed by atoms with Gasteiger partial charge in [-0.1, -0.05) is 90.8 Å². The Hall–Kier alpha value is -1.08. The molecule has 0 saturated heterocycles. The number of hydrogen-bond acceptors (Lipinski definition) is 0. The second kappa shape index (κ2) is 6.13. The fraction of sp³-hybridized carbons (Fsp3) is 0.368. The van der Waals surface area contributed by atoms with Gasteiger partial charge in [0, 0.05) is 4.83 Å². The highest BCUT2D eigenvalue weighted by molar-refractivity contribution is 9.09. The first-order valence-corrected chi connectivity index (χ1v) is 8.08. The van der Waals surface area contributed by atoms with E-state index in [-0.39, 0.29) is 5.41 Å². The fourth-order valence-electron chi connectivity index (χ4n) is 2.49. The summed E-state index contributed by atoms with van der Waals surface area (Å²) in [6, 6.07) is 17.6. The molecule has 0 N–H and O–H groups in total. The largest absolute Gasteiger partial charge is 0.0835 e. The van der Waals surface area contributed by atoms with E-state index in [1.165, 1.54) is 22.3 Å². The van der Waals surface area contributed by atoms with Gasteiger partial charge in [0.15, 0.2) is 0 Å². The van der Waals surface area contributed by atoms with Crippen LogP contribution in [-0.2, 0) is 11.8 Å². The van der Waals surface area contributed by atoms with Crippen LogP contribution in [0.15, 0.2) is 48.5 Å². The summed E-state index contributed by atoms with van der Waals surface area (Å²) in [6.45, 7) is 8.95. The average Bonchev–Trinajstić information content (AvgIpc) is 2.40. The number of alkyl halides is 1. The first-order valence-electron chi connectivity index (χ1n) is 7.17. The molecule has 0 spiro atoms. The summed E-state index contributed by atoms with van der Waals surface area (Å²) in [5.41, 5.74) is 5.70. The number of halogens is 1. The van der Waals surface area contributed by atoms with Gasteiger partial charge in [0.25, 0.3) is 0 Å². The zero-order valence-corrected chi connectivity index (χ0v) is 14.4. The van der Waals surface area contributed by atoms with Crippen LogP contribution in [0, 0.1) is 6.92 Å². The van der Waals surface area contributed by atoms with Crippen molar-refractivity contribution in [3.05, 3.63) is 70.8 Å². The van der Waals surface area contributed by atoms with Gasteiger partial charge in [0.1, 0.15) is 0 Å². The van der Waals surface area contributed by atoms with Crippen LogP contribution in [0.5, 0.6) is 0 Å². The molecule has 0 aliphatic carbocycles. The third-order valence-electron chi connectivity index (χ3n) is 3.64. The van der Waals surface area contributed by atoms with Gasteiger partial charge >= 0.3 is 0 Å². The molecule has 106 valence electrons. The highest BCUT2D eigenvalue weighted by Gasteiger charge is 2.21. The quantitative estimate of drug-likeness (QED) is 0.608. The van der Waals surface area contributed by atoms with Crippen LogP contribution >= 0.6 is 15.9 Å². The van der Waals surface area contributed by atoms with Crippen molar-refractivity contribution in [2.45, 2.75) is 44.4 Å². The highest BCUT2D eigenvalue weighted by atomic mass is 79.9. The van der Waals surface area contributed by atoms with Gasteiger partial charge in [0.2, 0.25) is 0 Å². The molecule has 20 heavy (non-hydrogen) atoms. The molecule has 0 aliphatic rings. The van der Waals surface area contributed by atoms with E-state index in [9.17, 15) is 0 Å². The van der Waals surface area contributed by atoms with Crippen LogP contribution in [-0.4, -0.2) is 0 Å². The van der Waals surface area contributed by atoms with Gasteiger partial charge in [-0.3, -0.25) is 0 Å². The molecule has 1 unspecified atom stereocenters. The summed E-state index contributed by atoms with van der Waals surface area (Å²) in [7, 11) is 0. The molecule has 0 radical (unpaired) electrons. The van der Waals surface area contributed by atoms with Crippen molar-refractivity contribution < 1.29 is 0 Å². The summed E-state index contributed by atoms with van der Waals surface area (Å²) < 4.78 is 0. The van der Waals surface area contributed by atoms with E-state index in [1.54, 1.807) is 0 Å². The standard InChI is InChI=1S/C19H23Br/c1-14-9-11-15(12-10-14)13-18(20)16-7-5-6-8-17(16)19(2,3)4/h5-12,18H,13H2,1-4H3. The van der Waals surface area contributed by atoms with Crippen LogP contribution in [0.2, 0.25) is 0 Å². The van der Waals surface area contributed by atoms with Gasteiger partial charge in [0.05, 0.1) is 0 Å². The summed E-state index contributed by atoms with van der Waals surface area (Å²) in [5.74, 6) is 0. The minimum absolute atomic E-state index is 0.176. The lowest BCUT2D eigenvalue weighted by Gasteiger charge is -2.25. The molecular formula is C19H23Br. The first-order chi connectivity index (χ1) is 9.38. The van der Waals surface area contributed by atoms with Crippen molar-refractivity contribution >= 4 is 15.9 Å². The zero-order valence-electron chi connectivity index (χ0n) is 12.8. The Morgan fingerprint density at radius 2 is 1.55 bits per heavy atom. The fourth-order valence-corrected chi connectivity index (χ4v) is 3.27. The predicted octanol–water partition coefficient (Wildman–Crippen LogP) is 5.97. The van der Waals surface area contributed by atoms with Crippen molar-refractivity contribution in [3.8, 4) is 0 Å². The first kappa shape index (κ1) is 15.3. The Bertz CT molecular complexity index is 561. The van der Waals surface area contributed by atoms with Crippen LogP contribution in [0.4, 0.5) is 0 Å². The van der Waals surface area contributed by atoms with E-state index < -0.39 is 0 Å². The normalized spacial score (nSPS) is 13.2. The Morgan fingerprint density at radius 1 is 0.950 bits per heavy atom. The maximum Gasteiger partial charge on any atom is 0.0438 e. The Labute approximate surface area is 131 Å². The number of rotatable bonds is 3. The van der Waals surface area contributed by atoms with Gasteiger partial charge in [-0.05, 0) is 35.4 Å². The number of benzene rings is 2. The molecule has 2 aromatic carbocycles. The lowest BCUT2D eigenvalue weighted by molar-refractivity contribution is 0.581. The van der Waals surface area contributed by atoms with E-state index in [4.69, 9.17) is 0 Å². The molecule has 0 aromatic heterocycles. The van der Waals surface area contributed by atoms with Crippen LogP contribution in [0.1, 0.15) is 47.9 Å². The minimum Gasteiger partial charge on any atom is -0.0835 e. The maximum atomic E-state index is 3.88. The van der Waals surface area contributed by atoms with E-state index >= 15 is 0 Å². The van der Waals surface area contributed by atoms with Crippen molar-refractivity contribution in [2.24, 2.45) is 0 Å². The lowest BCUT2D eigenvalue weighted by Crippen LogP contribution is -2.15. The highest BCUT2D eigenvalue weighted by Crippen LogP contribution is 2.35. The zero-order chi connectivity index (χ0) is 14.8. The molecule has 0 aliphatic heterocycles. The molecular weight excluding hydrogens is 308 g/mol. The lowest BCUT2D eigenvalue weighted by atomic mass is 9.82. The second-order valence-corrected chi connectivity index (χ2v) is 7.60. The number of aryl methyl sites for hydroxylation is 1. The van der Waals surface area contributed by atoms with Crippen LogP contribution in [0.25, 0.3) is 0 Å². The molecule has 0 bridgehead atoms. The van der Waals surface area contributed by atoms with Gasteiger partial charge in [-0.2, -0.15) is 0 Å². The van der Waals surface area contributed by atoms with Crippen molar-refractivity contribution in [1.82, 2.24) is 0 Å². The SMILES string of the molecule is Cc1ccc(CC(Br)c2ccccc2C(C)(C)C)cc1. The van der Waals surface area contributed by atoms with E-state index in [1.807, 2.05) is 0 Å². The summed E-state index contributed by atoms with van der Waals surface area (Å²) in [4.78, 5) is 0.362. The summed E-state index contributed by atoms with van der Waals surface area (Å²) in [6.07, 6.45) is 1.02. The van der Waals surface area contributed by atoms with E-state index in [0.29, 0.717) is 4.83 Å². The average molecular weight is 331 g/mol. The smallest absolute Gasteiger partial charge is 0.0438 e. The Balaban J connectivity index is 2.25. The number of hydrogen-bond donors (Lipinski definition) is 0. The topological polar surface area (TPSA) is 0 Å². The maximum absolute atomic E-state index is 3.88. The minimum atomic E-state index is 0.176. The van der Waals surface area contributed by atoms with Crippen LogP contribution in [0.3, 0.4) is 0 Å². The van der Waals surface area contributed by atoms with Crippen molar-refractivity contribution in [2.75, 3.05) is 0 Å². The molecule has 1 heteroatoms. The second-order valence-electron chi connectivity index (χ2n) is 6.49. The third-order valence-corrected chi connectivity index (χ3v) is 4.46. The van der Waals surface area contributed by atoms with Crippen LogP contribution < -0.4 is 0 Å². The molecule has 0 nitrogen and oxygen atoms in total. The molecule has 0 heterocycles. The van der Waals surface area contributed by atoms with E-state index in [0.717, 1.165) is 6.42 Å².